The number of thioether (sulfide) groups is 1. The zero-order valence-corrected chi connectivity index (χ0v) is 10.7. The highest BCUT2D eigenvalue weighted by Crippen LogP contribution is 2.18. The van der Waals surface area contributed by atoms with Crippen molar-refractivity contribution in [1.29, 1.82) is 0 Å². The van der Waals surface area contributed by atoms with Gasteiger partial charge in [-0.3, -0.25) is 4.79 Å². The Labute approximate surface area is 104 Å². The first-order chi connectivity index (χ1) is 8.10. The van der Waals surface area contributed by atoms with Crippen molar-refractivity contribution in [1.82, 2.24) is 10.3 Å². The van der Waals surface area contributed by atoms with Crippen molar-refractivity contribution in [3.05, 3.63) is 23.9 Å². The van der Waals surface area contributed by atoms with Gasteiger partial charge in [0.05, 0.1) is 5.56 Å². The van der Waals surface area contributed by atoms with E-state index in [1.165, 1.54) is 25.7 Å². The molecule has 1 atom stereocenters. The van der Waals surface area contributed by atoms with Crippen LogP contribution in [-0.2, 0) is 9.53 Å². The molecular weight excluding hydrogens is 240 g/mol. The Hall–Kier alpha value is -1.56. The number of nitrogens with one attached hydrogen (secondary N) is 1. The molecule has 6 heteroatoms. The zero-order chi connectivity index (χ0) is 12.8. The summed E-state index contributed by atoms with van der Waals surface area (Å²) in [5.41, 5.74) is 0.371. The SMILES string of the molecule is CNC(=O)C(C)OC(=O)c1cccnc1SC. The summed E-state index contributed by atoms with van der Waals surface area (Å²) in [5, 5.41) is 3.00. The lowest BCUT2D eigenvalue weighted by atomic mass is 10.3. The Bertz CT molecular complexity index is 423. The van der Waals surface area contributed by atoms with Crippen LogP contribution in [0.1, 0.15) is 17.3 Å². The molecule has 1 unspecified atom stereocenters. The number of hydrogen-bond donors (Lipinski definition) is 1. The molecule has 1 rings (SSSR count). The summed E-state index contributed by atoms with van der Waals surface area (Å²) in [4.78, 5) is 27.1. The van der Waals surface area contributed by atoms with Gasteiger partial charge in [0.1, 0.15) is 5.03 Å². The number of hydrogen-bond acceptors (Lipinski definition) is 5. The lowest BCUT2D eigenvalue weighted by Gasteiger charge is -2.12. The number of rotatable bonds is 4. The third-order valence-corrected chi connectivity index (χ3v) is 2.80. The quantitative estimate of drug-likeness (QED) is 0.643. The Kier molecular flexibility index (Phi) is 4.96. The number of nitrogens with zero attached hydrogens (tertiary/aromatic N) is 1. The van der Waals surface area contributed by atoms with Gasteiger partial charge in [0.15, 0.2) is 6.10 Å². The molecule has 1 N–H and O–H groups in total. The van der Waals surface area contributed by atoms with Crippen molar-refractivity contribution in [3.8, 4) is 0 Å². The van der Waals surface area contributed by atoms with Gasteiger partial charge in [0.25, 0.3) is 5.91 Å². The van der Waals surface area contributed by atoms with Gasteiger partial charge in [-0.15, -0.1) is 11.8 Å². The van der Waals surface area contributed by atoms with E-state index in [-0.39, 0.29) is 5.91 Å². The largest absolute Gasteiger partial charge is 0.449 e. The van der Waals surface area contributed by atoms with Gasteiger partial charge in [-0.1, -0.05) is 0 Å². The fourth-order valence-electron chi connectivity index (χ4n) is 1.19. The van der Waals surface area contributed by atoms with Gasteiger partial charge in [-0.2, -0.15) is 0 Å². The number of esters is 1. The Balaban J connectivity index is 2.79. The second-order valence-corrected chi connectivity index (χ2v) is 4.02. The molecule has 1 amide bonds. The standard InChI is InChI=1S/C11H14N2O3S/c1-7(9(14)12-2)16-11(15)8-5-4-6-13-10(8)17-3/h4-7H,1-3H3,(H,12,14). The molecule has 0 aliphatic carbocycles. The number of carbonyl (C=O) groups is 2. The average molecular weight is 254 g/mol. The van der Waals surface area contributed by atoms with Gasteiger partial charge in [-0.05, 0) is 25.3 Å². The molecule has 1 heterocycles. The minimum atomic E-state index is -0.817. The number of ether oxygens (including phenoxy) is 1. The van der Waals surface area contributed by atoms with Crippen molar-refractivity contribution in [2.24, 2.45) is 0 Å². The molecule has 0 aliphatic heterocycles. The Morgan fingerprint density at radius 2 is 2.24 bits per heavy atom. The predicted octanol–water partition coefficient (Wildman–Crippen LogP) is 1.09. The van der Waals surface area contributed by atoms with Crippen LogP contribution < -0.4 is 5.32 Å². The number of pyridine rings is 1. The van der Waals surface area contributed by atoms with E-state index in [4.69, 9.17) is 4.74 Å². The van der Waals surface area contributed by atoms with Crippen molar-refractivity contribution >= 4 is 23.6 Å². The molecule has 17 heavy (non-hydrogen) atoms. The van der Waals surface area contributed by atoms with Crippen LogP contribution in [0.25, 0.3) is 0 Å². The van der Waals surface area contributed by atoms with Crippen LogP contribution in [0, 0.1) is 0 Å². The van der Waals surface area contributed by atoms with E-state index in [1.54, 1.807) is 18.3 Å². The highest BCUT2D eigenvalue weighted by Gasteiger charge is 2.19. The van der Waals surface area contributed by atoms with Crippen LogP contribution in [0.5, 0.6) is 0 Å². The van der Waals surface area contributed by atoms with Gasteiger partial charge < -0.3 is 10.1 Å². The third kappa shape index (κ3) is 3.45. The lowest BCUT2D eigenvalue weighted by molar-refractivity contribution is -0.128. The number of likely N-dealkylation sites (N-methyl/N-ethyl adjacent to an activating group) is 1. The summed E-state index contributed by atoms with van der Waals surface area (Å²) in [7, 11) is 1.49. The van der Waals surface area contributed by atoms with E-state index in [9.17, 15) is 9.59 Å². The molecule has 0 fully saturated rings. The summed E-state index contributed by atoms with van der Waals surface area (Å²) >= 11 is 1.35. The first kappa shape index (κ1) is 13.5. The van der Waals surface area contributed by atoms with E-state index < -0.39 is 12.1 Å². The van der Waals surface area contributed by atoms with Gasteiger partial charge >= 0.3 is 5.97 Å². The van der Waals surface area contributed by atoms with Crippen molar-refractivity contribution in [3.63, 3.8) is 0 Å². The first-order valence-corrected chi connectivity index (χ1v) is 6.24. The van der Waals surface area contributed by atoms with Crippen LogP contribution in [-0.4, -0.2) is 36.3 Å². The third-order valence-electron chi connectivity index (χ3n) is 2.08. The van der Waals surface area contributed by atoms with E-state index in [1.807, 2.05) is 6.26 Å². The molecule has 92 valence electrons. The highest BCUT2D eigenvalue weighted by atomic mass is 32.2. The fourth-order valence-corrected chi connectivity index (χ4v) is 1.73. The topological polar surface area (TPSA) is 68.3 Å². The van der Waals surface area contributed by atoms with Gasteiger partial charge in [0, 0.05) is 13.2 Å². The Morgan fingerprint density at radius 3 is 2.82 bits per heavy atom. The maximum absolute atomic E-state index is 11.8. The summed E-state index contributed by atoms with van der Waals surface area (Å²) in [5.74, 6) is -0.883. The summed E-state index contributed by atoms with van der Waals surface area (Å²) < 4.78 is 5.03. The molecule has 0 aliphatic rings. The number of amides is 1. The molecule has 0 bridgehead atoms. The van der Waals surface area contributed by atoms with Crippen LogP contribution >= 0.6 is 11.8 Å². The second-order valence-electron chi connectivity index (χ2n) is 3.22. The van der Waals surface area contributed by atoms with Gasteiger partial charge in [-0.25, -0.2) is 9.78 Å². The van der Waals surface area contributed by atoms with E-state index >= 15 is 0 Å². The van der Waals surface area contributed by atoms with Gasteiger partial charge in [0.2, 0.25) is 0 Å². The maximum Gasteiger partial charge on any atom is 0.341 e. The lowest BCUT2D eigenvalue weighted by Crippen LogP contribution is -2.33. The maximum atomic E-state index is 11.8. The van der Waals surface area contributed by atoms with Crippen LogP contribution in [0.15, 0.2) is 23.4 Å². The second kappa shape index (κ2) is 6.24. The van der Waals surface area contributed by atoms with Crippen LogP contribution in [0.4, 0.5) is 0 Å². The molecule has 1 aromatic rings. The molecule has 0 aromatic carbocycles. The normalized spacial score (nSPS) is 11.7. The monoisotopic (exact) mass is 254 g/mol. The van der Waals surface area contributed by atoms with E-state index in [2.05, 4.69) is 10.3 Å². The Morgan fingerprint density at radius 1 is 1.53 bits per heavy atom. The molecular formula is C11H14N2O3S. The predicted molar refractivity (Wildman–Crippen MR) is 65.0 cm³/mol. The van der Waals surface area contributed by atoms with Crippen molar-refractivity contribution in [2.75, 3.05) is 13.3 Å². The molecule has 0 spiro atoms. The highest BCUT2D eigenvalue weighted by molar-refractivity contribution is 7.98. The molecule has 1 aromatic heterocycles. The number of carbonyl (C=O) groups excluding carboxylic acids is 2. The molecule has 0 saturated heterocycles. The average Bonchev–Trinajstić information content (AvgIpc) is 2.37. The minimum absolute atomic E-state index is 0.340. The van der Waals surface area contributed by atoms with Crippen LogP contribution in [0.3, 0.4) is 0 Å². The fraction of sp³-hybridized carbons (Fsp3) is 0.364. The summed E-state index contributed by atoms with van der Waals surface area (Å²) in [6.45, 7) is 1.52. The first-order valence-electron chi connectivity index (χ1n) is 5.01. The smallest absolute Gasteiger partial charge is 0.341 e. The zero-order valence-electron chi connectivity index (χ0n) is 9.89. The molecule has 5 nitrogen and oxygen atoms in total. The molecule has 0 radical (unpaired) electrons. The number of aromatic nitrogens is 1. The van der Waals surface area contributed by atoms with E-state index in [0.717, 1.165) is 0 Å². The van der Waals surface area contributed by atoms with Crippen molar-refractivity contribution in [2.45, 2.75) is 18.1 Å². The summed E-state index contributed by atoms with van der Waals surface area (Å²) in [6.07, 6.45) is 2.61. The summed E-state index contributed by atoms with van der Waals surface area (Å²) in [6, 6.07) is 3.28. The molecule has 0 saturated carbocycles. The van der Waals surface area contributed by atoms with Crippen molar-refractivity contribution < 1.29 is 14.3 Å². The van der Waals surface area contributed by atoms with Crippen LogP contribution in [0.2, 0.25) is 0 Å². The minimum Gasteiger partial charge on any atom is -0.449 e. The van der Waals surface area contributed by atoms with E-state index in [0.29, 0.717) is 10.6 Å².